The summed E-state index contributed by atoms with van der Waals surface area (Å²) in [6.07, 6.45) is 1.23. The Morgan fingerprint density at radius 3 is 3.12 bits per heavy atom. The molecule has 0 unspecified atom stereocenters. The van der Waals surface area contributed by atoms with E-state index >= 15 is 0 Å². The number of aliphatic hydroxyl groups is 1. The van der Waals surface area contributed by atoms with Gasteiger partial charge in [0.2, 0.25) is 0 Å². The zero-order valence-electron chi connectivity index (χ0n) is 13.3. The lowest BCUT2D eigenvalue weighted by atomic mass is 10.1. The predicted octanol–water partition coefficient (Wildman–Crippen LogP) is 1.82. The van der Waals surface area contributed by atoms with Crippen molar-refractivity contribution in [1.29, 1.82) is 0 Å². The van der Waals surface area contributed by atoms with Gasteiger partial charge in [0, 0.05) is 24.1 Å². The second-order valence-electron chi connectivity index (χ2n) is 6.79. The summed E-state index contributed by atoms with van der Waals surface area (Å²) in [5, 5.41) is 18.2. The molecule has 1 aliphatic heterocycles. The smallest absolute Gasteiger partial charge is 0.254 e. The first-order chi connectivity index (χ1) is 12.1. The van der Waals surface area contributed by atoms with Crippen molar-refractivity contribution in [2.45, 2.75) is 31.5 Å². The number of anilines is 1. The average molecular weight is 355 g/mol. The van der Waals surface area contributed by atoms with Gasteiger partial charge in [-0.15, -0.1) is 11.3 Å². The minimum Gasteiger partial charge on any atom is -0.393 e. The highest BCUT2D eigenvalue weighted by Gasteiger charge is 2.38. The number of amides is 1. The summed E-state index contributed by atoms with van der Waals surface area (Å²) in [7, 11) is 0. The molecule has 7 nitrogen and oxygen atoms in total. The molecule has 1 aliphatic carbocycles. The summed E-state index contributed by atoms with van der Waals surface area (Å²) >= 11 is 1.57. The molecular formula is C17H17N5O2S. The largest absolute Gasteiger partial charge is 0.393 e. The van der Waals surface area contributed by atoms with Gasteiger partial charge < -0.3 is 16.2 Å². The van der Waals surface area contributed by atoms with Gasteiger partial charge in [-0.2, -0.15) is 5.10 Å². The molecule has 5 rings (SSSR count). The fourth-order valence-electron chi connectivity index (χ4n) is 4.01. The molecule has 2 bridgehead atoms. The summed E-state index contributed by atoms with van der Waals surface area (Å²) in [4.78, 5) is 16.5. The molecule has 4 N–H and O–H groups in total. The van der Waals surface area contributed by atoms with Gasteiger partial charge in [0.1, 0.15) is 17.1 Å². The number of benzene rings is 1. The minimum atomic E-state index is -0.500. The van der Waals surface area contributed by atoms with Gasteiger partial charge in [0.15, 0.2) is 0 Å². The molecule has 8 heteroatoms. The van der Waals surface area contributed by atoms with Crippen LogP contribution < -0.4 is 11.1 Å². The van der Waals surface area contributed by atoms with E-state index in [1.54, 1.807) is 21.5 Å². The number of carbonyl (C=O) groups excluding carboxylic acids is 1. The number of fused-ring (bicyclic) bond motifs is 4. The highest BCUT2D eigenvalue weighted by Crippen LogP contribution is 2.38. The lowest BCUT2D eigenvalue weighted by Gasteiger charge is -2.17. The zero-order valence-corrected chi connectivity index (χ0v) is 14.2. The molecule has 1 amide bonds. The SMILES string of the molecule is NC(=O)c1c(-c2ccc3scnc3c2)nn2c1N[C@H]1C[C@@H](C2)[C@H](O)C1. The van der Waals surface area contributed by atoms with Crippen molar-refractivity contribution < 1.29 is 9.90 Å². The number of thiazole rings is 1. The Balaban J connectivity index is 1.67. The number of carbonyl (C=O) groups is 1. The van der Waals surface area contributed by atoms with Crippen LogP contribution in [0.1, 0.15) is 23.2 Å². The summed E-state index contributed by atoms with van der Waals surface area (Å²) in [6, 6.07) is 6.01. The third kappa shape index (κ3) is 2.25. The summed E-state index contributed by atoms with van der Waals surface area (Å²) < 4.78 is 2.87. The van der Waals surface area contributed by atoms with Crippen molar-refractivity contribution in [1.82, 2.24) is 14.8 Å². The first kappa shape index (κ1) is 14.9. The Morgan fingerprint density at radius 2 is 2.28 bits per heavy atom. The Hall–Kier alpha value is -2.45. The Kier molecular flexibility index (Phi) is 3.13. The fourth-order valence-corrected chi connectivity index (χ4v) is 4.67. The van der Waals surface area contributed by atoms with E-state index in [0.29, 0.717) is 30.0 Å². The molecule has 0 radical (unpaired) electrons. The second kappa shape index (κ2) is 5.27. The van der Waals surface area contributed by atoms with Gasteiger partial charge in [-0.3, -0.25) is 4.79 Å². The van der Waals surface area contributed by atoms with Crippen LogP contribution in [0, 0.1) is 5.92 Å². The van der Waals surface area contributed by atoms with Gasteiger partial charge in [-0.25, -0.2) is 9.67 Å². The van der Waals surface area contributed by atoms with Crippen molar-refractivity contribution in [3.63, 3.8) is 0 Å². The van der Waals surface area contributed by atoms with Gasteiger partial charge in [-0.05, 0) is 25.0 Å². The van der Waals surface area contributed by atoms with E-state index in [9.17, 15) is 9.90 Å². The van der Waals surface area contributed by atoms with Crippen LogP contribution in [0.15, 0.2) is 23.7 Å². The highest BCUT2D eigenvalue weighted by molar-refractivity contribution is 7.16. The van der Waals surface area contributed by atoms with Crippen LogP contribution in [-0.4, -0.2) is 37.9 Å². The van der Waals surface area contributed by atoms with Crippen LogP contribution >= 0.6 is 11.3 Å². The molecule has 1 fully saturated rings. The number of nitrogens with one attached hydrogen (secondary N) is 1. The number of nitrogens with zero attached hydrogens (tertiary/aromatic N) is 3. The van der Waals surface area contributed by atoms with Gasteiger partial charge in [0.05, 0.1) is 21.8 Å². The van der Waals surface area contributed by atoms with Crippen LogP contribution in [0.3, 0.4) is 0 Å². The number of nitrogens with two attached hydrogens (primary N) is 1. The van der Waals surface area contributed by atoms with E-state index in [-0.39, 0.29) is 18.1 Å². The first-order valence-corrected chi connectivity index (χ1v) is 9.17. The maximum Gasteiger partial charge on any atom is 0.254 e. The molecule has 2 aromatic heterocycles. The van der Waals surface area contributed by atoms with Crippen LogP contribution in [0.25, 0.3) is 21.5 Å². The molecule has 2 aliphatic rings. The maximum absolute atomic E-state index is 12.2. The Bertz CT molecular complexity index is 994. The Labute approximate surface area is 147 Å². The normalized spacial score (nSPS) is 24.8. The van der Waals surface area contributed by atoms with E-state index in [1.165, 1.54) is 0 Å². The molecule has 3 aromatic rings. The van der Waals surface area contributed by atoms with E-state index in [1.807, 2.05) is 18.2 Å². The highest BCUT2D eigenvalue weighted by atomic mass is 32.1. The van der Waals surface area contributed by atoms with E-state index in [2.05, 4.69) is 15.4 Å². The number of hydrogen-bond acceptors (Lipinski definition) is 6. The van der Waals surface area contributed by atoms with Crippen molar-refractivity contribution in [2.75, 3.05) is 5.32 Å². The number of hydrogen-bond donors (Lipinski definition) is 3. The van der Waals surface area contributed by atoms with E-state index in [0.717, 1.165) is 22.2 Å². The lowest BCUT2D eigenvalue weighted by Crippen LogP contribution is -2.24. The number of aromatic nitrogens is 3. The van der Waals surface area contributed by atoms with Crippen molar-refractivity contribution in [3.05, 3.63) is 29.3 Å². The number of rotatable bonds is 2. The summed E-state index contributed by atoms with van der Waals surface area (Å²) in [5.74, 6) is 0.314. The fraction of sp³-hybridized carbons (Fsp3) is 0.353. The molecule has 1 saturated carbocycles. The van der Waals surface area contributed by atoms with E-state index < -0.39 is 5.91 Å². The van der Waals surface area contributed by atoms with E-state index in [4.69, 9.17) is 5.73 Å². The molecule has 0 saturated heterocycles. The monoisotopic (exact) mass is 355 g/mol. The molecule has 3 heterocycles. The van der Waals surface area contributed by atoms with Crippen LogP contribution in [0.2, 0.25) is 0 Å². The molecular weight excluding hydrogens is 338 g/mol. The zero-order chi connectivity index (χ0) is 17.1. The molecule has 25 heavy (non-hydrogen) atoms. The third-order valence-electron chi connectivity index (χ3n) is 5.21. The second-order valence-corrected chi connectivity index (χ2v) is 7.68. The summed E-state index contributed by atoms with van der Waals surface area (Å²) in [6.45, 7) is 0.583. The van der Waals surface area contributed by atoms with Gasteiger partial charge in [-0.1, -0.05) is 6.07 Å². The molecule has 128 valence electrons. The number of aliphatic hydroxyl groups excluding tert-OH is 1. The van der Waals surface area contributed by atoms with Gasteiger partial charge in [0.25, 0.3) is 5.91 Å². The standard InChI is InChI=1S/C17H17N5O2S/c18-16(24)14-15(8-1-2-13-11(4-8)19-7-25-13)21-22-6-9-3-10(5-12(9)23)20-17(14)22/h1-2,4,7,9-10,12,20,23H,3,5-6H2,(H2,18,24)/t9-,10-,12+/m0/s1. The first-order valence-electron chi connectivity index (χ1n) is 8.29. The maximum atomic E-state index is 12.2. The Morgan fingerprint density at radius 1 is 1.40 bits per heavy atom. The molecule has 1 aromatic carbocycles. The van der Waals surface area contributed by atoms with Crippen molar-refractivity contribution in [3.8, 4) is 11.3 Å². The average Bonchev–Trinajstić information content (AvgIpc) is 3.23. The lowest BCUT2D eigenvalue weighted by molar-refractivity contribution is 0.100. The summed E-state index contributed by atoms with van der Waals surface area (Å²) in [5.41, 5.74) is 10.2. The topological polar surface area (TPSA) is 106 Å². The van der Waals surface area contributed by atoms with Crippen LogP contribution in [0.5, 0.6) is 0 Å². The van der Waals surface area contributed by atoms with Crippen molar-refractivity contribution in [2.24, 2.45) is 11.7 Å². The minimum absolute atomic E-state index is 0.143. The quantitative estimate of drug-likeness (QED) is 0.650. The van der Waals surface area contributed by atoms with Crippen molar-refractivity contribution >= 4 is 33.3 Å². The molecule has 3 atom stereocenters. The van der Waals surface area contributed by atoms with Crippen LogP contribution in [0.4, 0.5) is 5.82 Å². The van der Waals surface area contributed by atoms with Crippen LogP contribution in [-0.2, 0) is 6.54 Å². The third-order valence-corrected chi connectivity index (χ3v) is 6.02. The number of primary amides is 1. The van der Waals surface area contributed by atoms with Gasteiger partial charge >= 0.3 is 0 Å². The molecule has 0 spiro atoms. The predicted molar refractivity (Wildman–Crippen MR) is 95.5 cm³/mol.